The van der Waals surface area contributed by atoms with E-state index in [1.54, 1.807) is 14.2 Å². The van der Waals surface area contributed by atoms with Crippen LogP contribution in [0.2, 0.25) is 0 Å². The first-order chi connectivity index (χ1) is 10.2. The molecule has 3 nitrogen and oxygen atoms in total. The molecule has 1 unspecified atom stereocenters. The summed E-state index contributed by atoms with van der Waals surface area (Å²) in [5, 5.41) is 3.61. The molecule has 0 saturated carbocycles. The minimum atomic E-state index is 0.304. The molecule has 0 aromatic heterocycles. The van der Waals surface area contributed by atoms with Crippen LogP contribution in [0.25, 0.3) is 0 Å². The molecule has 0 spiro atoms. The Bertz CT molecular complexity index is 623. The molecule has 3 rings (SSSR count). The molecule has 0 saturated heterocycles. The zero-order valence-electron chi connectivity index (χ0n) is 12.2. The maximum Gasteiger partial charge on any atom is 0.143 e. The predicted molar refractivity (Wildman–Crippen MR) is 88.4 cm³/mol. The summed E-state index contributed by atoms with van der Waals surface area (Å²) in [6, 6.07) is 12.7. The van der Waals surface area contributed by atoms with Gasteiger partial charge < -0.3 is 14.8 Å². The van der Waals surface area contributed by atoms with Crippen molar-refractivity contribution in [3.05, 3.63) is 52.0 Å². The van der Waals surface area contributed by atoms with E-state index in [0.717, 1.165) is 34.5 Å². The summed E-state index contributed by atoms with van der Waals surface area (Å²) in [5.74, 6) is 1.77. The Morgan fingerprint density at radius 3 is 2.52 bits per heavy atom. The third kappa shape index (κ3) is 2.86. The Morgan fingerprint density at radius 2 is 1.86 bits per heavy atom. The van der Waals surface area contributed by atoms with Gasteiger partial charge in [-0.1, -0.05) is 28.1 Å². The molecule has 0 amide bonds. The number of rotatable bonds is 3. The Labute approximate surface area is 133 Å². The molecule has 2 aromatic rings. The average Bonchev–Trinajstić information content (AvgIpc) is 2.53. The fraction of sp³-hybridized carbons (Fsp3) is 0.294. The zero-order valence-corrected chi connectivity index (χ0v) is 13.7. The second-order valence-corrected chi connectivity index (χ2v) is 6.07. The van der Waals surface area contributed by atoms with E-state index in [9.17, 15) is 0 Å². The minimum Gasteiger partial charge on any atom is -0.497 e. The van der Waals surface area contributed by atoms with E-state index in [-0.39, 0.29) is 0 Å². The van der Waals surface area contributed by atoms with Crippen LogP contribution in [0.15, 0.2) is 40.9 Å². The van der Waals surface area contributed by atoms with Crippen LogP contribution >= 0.6 is 15.9 Å². The van der Waals surface area contributed by atoms with Crippen LogP contribution in [0.3, 0.4) is 0 Å². The van der Waals surface area contributed by atoms with Crippen molar-refractivity contribution < 1.29 is 9.47 Å². The summed E-state index contributed by atoms with van der Waals surface area (Å²) >= 11 is 3.54. The van der Waals surface area contributed by atoms with Crippen molar-refractivity contribution in [2.75, 3.05) is 19.5 Å². The standard InChI is InChI=1S/C17H18BrNO2/c1-20-14-6-3-11(4-7-14)15-8-5-12-9-13(18)10-16(21-2)17(12)19-15/h3-4,6-7,9-10,15,19H,5,8H2,1-2H3. The molecular weight excluding hydrogens is 330 g/mol. The predicted octanol–water partition coefficient (Wildman–Crippen LogP) is 4.57. The molecule has 0 bridgehead atoms. The molecule has 0 fully saturated rings. The average molecular weight is 348 g/mol. The maximum absolute atomic E-state index is 5.50. The third-order valence-corrected chi connectivity index (χ3v) is 4.37. The number of hydrogen-bond acceptors (Lipinski definition) is 3. The second kappa shape index (κ2) is 5.98. The molecule has 4 heteroatoms. The Kier molecular flexibility index (Phi) is 4.06. The Balaban J connectivity index is 1.89. The topological polar surface area (TPSA) is 30.5 Å². The SMILES string of the molecule is COc1ccc(C2CCc3cc(Br)cc(OC)c3N2)cc1. The van der Waals surface area contributed by atoms with Crippen LogP contribution in [-0.4, -0.2) is 14.2 Å². The summed E-state index contributed by atoms with van der Waals surface area (Å²) in [7, 11) is 3.40. The summed E-state index contributed by atoms with van der Waals surface area (Å²) in [6.45, 7) is 0. The van der Waals surface area contributed by atoms with E-state index in [4.69, 9.17) is 9.47 Å². The molecular formula is C17H18BrNO2. The van der Waals surface area contributed by atoms with Gasteiger partial charge in [-0.05, 0) is 48.2 Å². The molecule has 2 aromatic carbocycles. The Hall–Kier alpha value is -1.68. The zero-order chi connectivity index (χ0) is 14.8. The van der Waals surface area contributed by atoms with Crippen molar-refractivity contribution in [2.24, 2.45) is 0 Å². The lowest BCUT2D eigenvalue weighted by atomic mass is 9.93. The third-order valence-electron chi connectivity index (χ3n) is 3.91. The van der Waals surface area contributed by atoms with Gasteiger partial charge in [-0.2, -0.15) is 0 Å². The van der Waals surface area contributed by atoms with Gasteiger partial charge in [0.2, 0.25) is 0 Å². The number of halogens is 1. The van der Waals surface area contributed by atoms with E-state index in [2.05, 4.69) is 39.4 Å². The second-order valence-electron chi connectivity index (χ2n) is 5.15. The lowest BCUT2D eigenvalue weighted by Crippen LogP contribution is -2.18. The number of benzene rings is 2. The molecule has 1 N–H and O–H groups in total. The number of anilines is 1. The van der Waals surface area contributed by atoms with Crippen molar-refractivity contribution in [1.82, 2.24) is 0 Å². The van der Waals surface area contributed by atoms with Crippen molar-refractivity contribution in [3.63, 3.8) is 0 Å². The molecule has 1 atom stereocenters. The molecule has 21 heavy (non-hydrogen) atoms. The molecule has 1 aliphatic rings. The smallest absolute Gasteiger partial charge is 0.143 e. The number of nitrogens with one attached hydrogen (secondary N) is 1. The monoisotopic (exact) mass is 347 g/mol. The Morgan fingerprint density at radius 1 is 1.10 bits per heavy atom. The van der Waals surface area contributed by atoms with Crippen LogP contribution in [0.4, 0.5) is 5.69 Å². The summed E-state index contributed by atoms with van der Waals surface area (Å²) in [4.78, 5) is 0. The highest BCUT2D eigenvalue weighted by Crippen LogP contribution is 2.40. The quantitative estimate of drug-likeness (QED) is 0.882. The highest BCUT2D eigenvalue weighted by atomic mass is 79.9. The van der Waals surface area contributed by atoms with Gasteiger partial charge in [0, 0.05) is 4.47 Å². The number of fused-ring (bicyclic) bond motifs is 1. The van der Waals surface area contributed by atoms with Crippen LogP contribution in [0.1, 0.15) is 23.6 Å². The molecule has 1 heterocycles. The van der Waals surface area contributed by atoms with Crippen molar-refractivity contribution in [3.8, 4) is 11.5 Å². The molecule has 0 aliphatic carbocycles. The van der Waals surface area contributed by atoms with E-state index in [0.29, 0.717) is 6.04 Å². The van der Waals surface area contributed by atoms with Gasteiger partial charge in [0.25, 0.3) is 0 Å². The first-order valence-corrected chi connectivity index (χ1v) is 7.77. The molecule has 1 aliphatic heterocycles. The fourth-order valence-corrected chi connectivity index (χ4v) is 3.27. The maximum atomic E-state index is 5.50. The van der Waals surface area contributed by atoms with Crippen molar-refractivity contribution in [2.45, 2.75) is 18.9 Å². The van der Waals surface area contributed by atoms with E-state index in [1.165, 1.54) is 11.1 Å². The molecule has 0 radical (unpaired) electrons. The van der Waals surface area contributed by atoms with E-state index < -0.39 is 0 Å². The highest BCUT2D eigenvalue weighted by Gasteiger charge is 2.22. The van der Waals surface area contributed by atoms with Crippen LogP contribution in [0.5, 0.6) is 11.5 Å². The van der Waals surface area contributed by atoms with Gasteiger partial charge in [0.05, 0.1) is 25.9 Å². The van der Waals surface area contributed by atoms with Crippen LogP contribution in [0, 0.1) is 0 Å². The van der Waals surface area contributed by atoms with Gasteiger partial charge in [-0.15, -0.1) is 0 Å². The minimum absolute atomic E-state index is 0.304. The van der Waals surface area contributed by atoms with E-state index in [1.807, 2.05) is 18.2 Å². The van der Waals surface area contributed by atoms with Gasteiger partial charge >= 0.3 is 0 Å². The summed E-state index contributed by atoms with van der Waals surface area (Å²) in [6.07, 6.45) is 2.10. The lowest BCUT2D eigenvalue weighted by molar-refractivity contribution is 0.413. The fourth-order valence-electron chi connectivity index (χ4n) is 2.79. The highest BCUT2D eigenvalue weighted by molar-refractivity contribution is 9.10. The lowest BCUT2D eigenvalue weighted by Gasteiger charge is -2.29. The first-order valence-electron chi connectivity index (χ1n) is 6.98. The number of methoxy groups -OCH3 is 2. The number of aryl methyl sites for hydroxylation is 1. The number of hydrogen-bond donors (Lipinski definition) is 1. The summed E-state index contributed by atoms with van der Waals surface area (Å²) in [5.41, 5.74) is 3.67. The van der Waals surface area contributed by atoms with Crippen LogP contribution < -0.4 is 14.8 Å². The van der Waals surface area contributed by atoms with E-state index >= 15 is 0 Å². The first kappa shape index (κ1) is 14.3. The van der Waals surface area contributed by atoms with Gasteiger partial charge in [0.15, 0.2) is 0 Å². The van der Waals surface area contributed by atoms with Crippen molar-refractivity contribution in [1.29, 1.82) is 0 Å². The molecule has 110 valence electrons. The summed E-state index contributed by atoms with van der Waals surface area (Å²) < 4.78 is 11.8. The van der Waals surface area contributed by atoms with Gasteiger partial charge in [-0.25, -0.2) is 0 Å². The van der Waals surface area contributed by atoms with Crippen LogP contribution in [-0.2, 0) is 6.42 Å². The normalized spacial score (nSPS) is 16.8. The number of ether oxygens (including phenoxy) is 2. The van der Waals surface area contributed by atoms with Gasteiger partial charge in [0.1, 0.15) is 11.5 Å². The largest absolute Gasteiger partial charge is 0.497 e. The van der Waals surface area contributed by atoms with Gasteiger partial charge in [-0.3, -0.25) is 0 Å². The van der Waals surface area contributed by atoms with Crippen molar-refractivity contribution >= 4 is 21.6 Å².